The van der Waals surface area contributed by atoms with Gasteiger partial charge in [0.25, 0.3) is 0 Å². The van der Waals surface area contributed by atoms with E-state index >= 15 is 4.55 Å². The van der Waals surface area contributed by atoms with Crippen LogP contribution in [0, 0.1) is 25.2 Å². The largest absolute Gasteiger partial charge is 0.616 e. The highest BCUT2D eigenvalue weighted by molar-refractivity contribution is 7.91. The normalized spacial score (nSPS) is 30.0. The summed E-state index contributed by atoms with van der Waals surface area (Å²) in [5.41, 5.74) is 2.99. The van der Waals surface area contributed by atoms with Crippen LogP contribution in [-0.2, 0) is 43.9 Å². The Morgan fingerprint density at radius 3 is 2.55 bits per heavy atom. The molecule has 7 aliphatic rings. The Morgan fingerprint density at radius 2 is 1.84 bits per heavy atom. The molecule has 8 atom stereocenters. The van der Waals surface area contributed by atoms with Gasteiger partial charge in [0.15, 0.2) is 45.3 Å². The third-order valence-corrected chi connectivity index (χ3v) is 14.4. The smallest absolute Gasteiger partial charge is 0.336 e. The number of phenols is 2. The van der Waals surface area contributed by atoms with Crippen molar-refractivity contribution in [2.45, 2.75) is 74.6 Å². The number of carbonyl (C=O) groups is 2. The Labute approximate surface area is 326 Å². The molecule has 0 amide bonds. The van der Waals surface area contributed by atoms with E-state index in [1.807, 2.05) is 24.9 Å². The minimum Gasteiger partial charge on any atom is -0.616 e. The summed E-state index contributed by atoms with van der Waals surface area (Å²) in [7, 11) is 4.81. The van der Waals surface area contributed by atoms with Crippen molar-refractivity contribution in [2.24, 2.45) is 0 Å². The number of nitrogens with zero attached hydrogens (tertiary/aromatic N) is 3. The molecule has 4 bridgehead atoms. The average molecular weight is 787 g/mol. The molecular weight excluding hydrogens is 745 g/mol. The van der Waals surface area contributed by atoms with E-state index in [1.54, 1.807) is 19.1 Å². The summed E-state index contributed by atoms with van der Waals surface area (Å²) >= 11 is -2.06. The molecule has 294 valence electrons. The second kappa shape index (κ2) is 13.1. The van der Waals surface area contributed by atoms with Gasteiger partial charge < -0.3 is 43.2 Å². The van der Waals surface area contributed by atoms with E-state index in [9.17, 15) is 25.1 Å². The van der Waals surface area contributed by atoms with Crippen LogP contribution in [-0.4, -0.2) is 102 Å². The second-order valence-electron chi connectivity index (χ2n) is 15.3. The maximum atomic E-state index is 16.0. The Hall–Kier alpha value is -4.92. The minimum absolute atomic E-state index is 0.0492. The van der Waals surface area contributed by atoms with Gasteiger partial charge in [-0.15, -0.1) is 0 Å². The Kier molecular flexibility index (Phi) is 8.56. The first kappa shape index (κ1) is 36.7. The van der Waals surface area contributed by atoms with Gasteiger partial charge in [-0.25, -0.2) is 4.79 Å². The third kappa shape index (κ3) is 4.91. The summed E-state index contributed by atoms with van der Waals surface area (Å²) in [5, 5.41) is 36.2. The molecule has 2 unspecified atom stereocenters. The highest BCUT2D eigenvalue weighted by Crippen LogP contribution is 2.63. The Bertz CT molecular complexity index is 2260. The number of rotatable bonds is 3. The molecule has 3 N–H and O–H groups in total. The molecule has 56 heavy (non-hydrogen) atoms. The van der Waals surface area contributed by atoms with Crippen molar-refractivity contribution in [1.29, 1.82) is 5.26 Å². The van der Waals surface area contributed by atoms with E-state index in [0.29, 0.717) is 70.0 Å². The van der Waals surface area contributed by atoms with Crippen LogP contribution in [0.25, 0.3) is 0 Å². The van der Waals surface area contributed by atoms with Gasteiger partial charge in [-0.2, -0.15) is 5.26 Å². The molecule has 7 aliphatic heterocycles. The van der Waals surface area contributed by atoms with E-state index in [4.69, 9.17) is 28.4 Å². The van der Waals surface area contributed by atoms with Crippen molar-refractivity contribution in [1.82, 2.24) is 15.1 Å². The van der Waals surface area contributed by atoms with Gasteiger partial charge in [-0.05, 0) is 79.3 Å². The average Bonchev–Trinajstić information content (AvgIpc) is 3.65. The van der Waals surface area contributed by atoms with Crippen molar-refractivity contribution < 1.29 is 52.8 Å². The predicted octanol–water partition coefficient (Wildman–Crippen LogP) is 3.00. The number of hydrogen-bond donors (Lipinski definition) is 3. The van der Waals surface area contributed by atoms with Gasteiger partial charge in [0, 0.05) is 36.2 Å². The van der Waals surface area contributed by atoms with Crippen molar-refractivity contribution >= 4 is 23.1 Å². The number of piperazine rings is 1. The maximum Gasteiger partial charge on any atom is 0.336 e. The molecule has 16 heteroatoms. The molecule has 1 spiro atoms. The van der Waals surface area contributed by atoms with E-state index in [2.05, 4.69) is 16.3 Å². The fourth-order valence-electron chi connectivity index (χ4n) is 10.4. The molecule has 0 saturated carbocycles. The predicted molar refractivity (Wildman–Crippen MR) is 199 cm³/mol. The molecular formula is C40H42N4O11S. The number of aromatic hydroxyl groups is 2. The monoisotopic (exact) mass is 786 g/mol. The van der Waals surface area contributed by atoms with Crippen LogP contribution in [0.1, 0.15) is 68.8 Å². The lowest BCUT2D eigenvalue weighted by Gasteiger charge is -2.61. The number of ether oxygens (including phenoxy) is 6. The van der Waals surface area contributed by atoms with Crippen LogP contribution < -0.4 is 29.0 Å². The zero-order valence-corrected chi connectivity index (χ0v) is 32.6. The summed E-state index contributed by atoms with van der Waals surface area (Å²) in [6, 6.07) is 4.10. The highest BCUT2D eigenvalue weighted by atomic mass is 32.2. The number of fused-ring (bicyclic) bond motifs is 9. The molecule has 3 aromatic carbocycles. The standard InChI is InChI=1S/C40H42N4O11S/c1-17-9-21-10-23-24(13-41)44-25-14-52-39(48)40(22-12-27(50-5)26(46)11-20(22)7-8-42-40)15-56(49)38(32(44)31(43(23)4)28(21)33(47)34(17)51-6)30-29(25)37-36(53-16-54-37)18(2)35(30)55-19(3)45/h9,11-12,23-25,31-32,38,42,46-47H,7-8,10,14-16H2,1-6H3/t23-,24-,25-,31+,32?,38+,40+,56?/m0/s1. The van der Waals surface area contributed by atoms with Crippen LogP contribution in [0.5, 0.6) is 40.2 Å². The van der Waals surface area contributed by atoms with Crippen molar-refractivity contribution in [3.63, 3.8) is 0 Å². The maximum absolute atomic E-state index is 16.0. The van der Waals surface area contributed by atoms with Gasteiger partial charge in [0.2, 0.25) is 6.79 Å². The van der Waals surface area contributed by atoms with E-state index in [0.717, 1.165) is 11.1 Å². The summed E-state index contributed by atoms with van der Waals surface area (Å²) in [5.74, 6) is -0.469. The SMILES string of the molecule is COc1cc2c(cc1O)CCN[C@]21C[S+]([O-])[C@@H]2c3c(OC(C)=O)c(C)c4c(c3[C@H](COC1=O)N1C2[C@H]2c3c(cc(C)c(OC)c3O)C[C@@H]([C@@H]1C#N)N2C)OCO4. The summed E-state index contributed by atoms with van der Waals surface area (Å²) < 4.78 is 51.8. The summed E-state index contributed by atoms with van der Waals surface area (Å²) in [6.07, 6.45) is 0.882. The van der Waals surface area contributed by atoms with Crippen molar-refractivity contribution in [3.8, 4) is 46.3 Å². The number of hydrogen-bond acceptors (Lipinski definition) is 15. The van der Waals surface area contributed by atoms with E-state index in [-0.39, 0.29) is 48.2 Å². The van der Waals surface area contributed by atoms with Gasteiger partial charge in [-0.1, -0.05) is 6.07 Å². The molecule has 10 rings (SSSR count). The number of methoxy groups -OCH3 is 2. The lowest BCUT2D eigenvalue weighted by atomic mass is 9.71. The molecule has 7 heterocycles. The third-order valence-electron chi connectivity index (χ3n) is 12.6. The van der Waals surface area contributed by atoms with E-state index in [1.165, 1.54) is 21.1 Å². The number of benzene rings is 3. The molecule has 0 aromatic heterocycles. The zero-order valence-electron chi connectivity index (χ0n) is 31.8. The number of likely N-dealkylation sites (N-methyl/N-ethyl adjacent to an activating group) is 1. The van der Waals surface area contributed by atoms with Gasteiger partial charge in [0.05, 0.1) is 44.0 Å². The second-order valence-corrected chi connectivity index (χ2v) is 16.9. The number of esters is 2. The lowest BCUT2D eigenvalue weighted by molar-refractivity contribution is -0.157. The number of nitriles is 1. The van der Waals surface area contributed by atoms with Crippen LogP contribution >= 0.6 is 0 Å². The van der Waals surface area contributed by atoms with Crippen LogP contribution in [0.2, 0.25) is 0 Å². The molecule has 3 aromatic rings. The quantitative estimate of drug-likeness (QED) is 0.199. The lowest BCUT2D eigenvalue weighted by Crippen LogP contribution is -2.71. The molecule has 2 fully saturated rings. The van der Waals surface area contributed by atoms with Gasteiger partial charge in [0.1, 0.15) is 24.2 Å². The highest BCUT2D eigenvalue weighted by Gasteiger charge is 2.65. The first-order chi connectivity index (χ1) is 26.9. The first-order valence-corrected chi connectivity index (χ1v) is 19.9. The summed E-state index contributed by atoms with van der Waals surface area (Å²) in [6.45, 7) is 4.79. The zero-order chi connectivity index (χ0) is 39.5. The van der Waals surface area contributed by atoms with Gasteiger partial charge >= 0.3 is 11.9 Å². The topological polar surface area (TPSA) is 195 Å². The van der Waals surface area contributed by atoms with Crippen LogP contribution in [0.3, 0.4) is 0 Å². The fourth-order valence-corrected chi connectivity index (χ4v) is 12.5. The molecule has 2 saturated heterocycles. The molecule has 0 aliphatic carbocycles. The van der Waals surface area contributed by atoms with Crippen LogP contribution in [0.4, 0.5) is 0 Å². The molecule has 0 radical (unpaired) electrons. The minimum atomic E-state index is -2.06. The van der Waals surface area contributed by atoms with Crippen molar-refractivity contribution in [2.75, 3.05) is 47.0 Å². The number of nitrogens with one attached hydrogen (secondary N) is 1. The molecule has 15 nitrogen and oxygen atoms in total. The fraction of sp³-hybridized carbons (Fsp3) is 0.475. The number of phenolic OH excluding ortho intramolecular Hbond substituents is 2. The Balaban J connectivity index is 1.36. The van der Waals surface area contributed by atoms with Gasteiger partial charge in [-0.3, -0.25) is 19.9 Å². The Morgan fingerprint density at radius 1 is 1.07 bits per heavy atom. The summed E-state index contributed by atoms with van der Waals surface area (Å²) in [4.78, 5) is 31.8. The van der Waals surface area contributed by atoms with Crippen molar-refractivity contribution in [3.05, 3.63) is 62.7 Å². The number of carbonyl (C=O) groups excluding carboxylic acids is 2. The number of aryl methyl sites for hydroxylation is 1. The van der Waals surface area contributed by atoms with Crippen LogP contribution in [0.15, 0.2) is 18.2 Å². The van der Waals surface area contributed by atoms with E-state index < -0.39 is 58.1 Å². The first-order valence-electron chi connectivity index (χ1n) is 18.5.